The zero-order valence-electron chi connectivity index (χ0n) is 13.0. The van der Waals surface area contributed by atoms with Crippen LogP contribution < -0.4 is 4.90 Å². The lowest BCUT2D eigenvalue weighted by molar-refractivity contribution is -0.131. The highest BCUT2D eigenvalue weighted by Gasteiger charge is 2.39. The van der Waals surface area contributed by atoms with E-state index in [1.54, 1.807) is 30.3 Å². The molecule has 3 atom stereocenters. The van der Waals surface area contributed by atoms with Crippen molar-refractivity contribution in [3.8, 4) is 0 Å². The number of para-hydroxylation sites is 1. The molecule has 0 radical (unpaired) electrons. The second-order valence-corrected chi connectivity index (χ2v) is 7.03. The van der Waals surface area contributed by atoms with Crippen LogP contribution in [-0.2, 0) is 23.8 Å². The molecule has 0 N–H and O–H groups in total. The van der Waals surface area contributed by atoms with Gasteiger partial charge in [-0.05, 0) is 12.1 Å². The van der Waals surface area contributed by atoms with Crippen LogP contribution >= 0.6 is 0 Å². The first kappa shape index (κ1) is 18.0. The Morgan fingerprint density at radius 3 is 2.44 bits per heavy atom. The Morgan fingerprint density at radius 2 is 1.80 bits per heavy atom. The summed E-state index contributed by atoms with van der Waals surface area (Å²) >= 11 is 0. The van der Waals surface area contributed by atoms with Crippen molar-refractivity contribution < 1.29 is 35.6 Å². The molecule has 0 saturated carbocycles. The number of cyclic esters (lactones) is 1. The van der Waals surface area contributed by atoms with E-state index in [9.17, 15) is 22.0 Å². The number of amides is 1. The van der Waals surface area contributed by atoms with Gasteiger partial charge in [-0.2, -0.15) is 8.42 Å². The molecule has 3 unspecified atom stereocenters. The SMILES string of the molecule is O=C1OC(OS(=O)(=O)CN2C(F)COCC2F)CN1c1ccccc1. The highest BCUT2D eigenvalue weighted by atomic mass is 32.2. The summed E-state index contributed by atoms with van der Waals surface area (Å²) < 4.78 is 65.7. The Morgan fingerprint density at radius 1 is 1.16 bits per heavy atom. The van der Waals surface area contributed by atoms with Gasteiger partial charge in [0.1, 0.15) is 5.88 Å². The third kappa shape index (κ3) is 4.24. The molecule has 0 bridgehead atoms. The molecule has 8 nitrogen and oxygen atoms in total. The van der Waals surface area contributed by atoms with Gasteiger partial charge in [-0.25, -0.2) is 22.7 Å². The zero-order chi connectivity index (χ0) is 18.0. The molecule has 2 aliphatic rings. The average molecular weight is 378 g/mol. The van der Waals surface area contributed by atoms with E-state index in [-0.39, 0.29) is 6.54 Å². The van der Waals surface area contributed by atoms with Gasteiger partial charge in [-0.1, -0.05) is 18.2 Å². The molecule has 11 heteroatoms. The van der Waals surface area contributed by atoms with Crippen LogP contribution in [0.2, 0.25) is 0 Å². The lowest BCUT2D eigenvalue weighted by Crippen LogP contribution is -2.50. The van der Waals surface area contributed by atoms with E-state index in [2.05, 4.69) is 4.74 Å². The molecule has 2 aliphatic heterocycles. The van der Waals surface area contributed by atoms with Crippen molar-refractivity contribution in [1.82, 2.24) is 4.90 Å². The minimum atomic E-state index is -4.37. The number of carbonyl (C=O) groups is 1. The molecule has 0 aromatic heterocycles. The smallest absolute Gasteiger partial charge is 0.416 e. The molecular weight excluding hydrogens is 362 g/mol. The number of morpholine rings is 1. The number of nitrogens with zero attached hydrogens (tertiary/aromatic N) is 2. The molecule has 2 heterocycles. The first-order valence-electron chi connectivity index (χ1n) is 7.41. The number of alkyl halides is 2. The number of anilines is 1. The molecule has 0 spiro atoms. The highest BCUT2D eigenvalue weighted by molar-refractivity contribution is 7.86. The first-order chi connectivity index (χ1) is 11.9. The van der Waals surface area contributed by atoms with Gasteiger partial charge in [0.05, 0.1) is 19.8 Å². The Bertz CT molecular complexity index is 709. The van der Waals surface area contributed by atoms with Crippen molar-refractivity contribution in [2.75, 3.05) is 30.5 Å². The van der Waals surface area contributed by atoms with Gasteiger partial charge in [0.25, 0.3) is 10.1 Å². The minimum Gasteiger partial charge on any atom is -0.416 e. The van der Waals surface area contributed by atoms with Crippen LogP contribution in [-0.4, -0.2) is 63.9 Å². The number of halogens is 2. The van der Waals surface area contributed by atoms with E-state index in [0.717, 1.165) is 0 Å². The van der Waals surface area contributed by atoms with Crippen molar-refractivity contribution in [3.63, 3.8) is 0 Å². The summed E-state index contributed by atoms with van der Waals surface area (Å²) in [5.74, 6) is -1.02. The summed E-state index contributed by atoms with van der Waals surface area (Å²) in [7, 11) is -4.37. The normalized spacial score (nSPS) is 28.2. The predicted octanol–water partition coefficient (Wildman–Crippen LogP) is 1.20. The van der Waals surface area contributed by atoms with Crippen LogP contribution in [0.25, 0.3) is 0 Å². The van der Waals surface area contributed by atoms with E-state index in [1.165, 1.54) is 4.90 Å². The van der Waals surface area contributed by atoms with Crippen molar-refractivity contribution >= 4 is 21.9 Å². The number of hydrogen-bond donors (Lipinski definition) is 0. The third-order valence-corrected chi connectivity index (χ3v) is 4.77. The Balaban J connectivity index is 1.63. The number of rotatable bonds is 5. The largest absolute Gasteiger partial charge is 0.416 e. The number of hydrogen-bond acceptors (Lipinski definition) is 7. The van der Waals surface area contributed by atoms with Gasteiger partial charge in [0, 0.05) is 5.69 Å². The van der Waals surface area contributed by atoms with Crippen LogP contribution in [0, 0.1) is 0 Å². The molecule has 1 aromatic rings. The maximum atomic E-state index is 13.6. The predicted molar refractivity (Wildman–Crippen MR) is 81.4 cm³/mol. The summed E-state index contributed by atoms with van der Waals surface area (Å²) in [5.41, 5.74) is 0.511. The zero-order valence-corrected chi connectivity index (χ0v) is 13.8. The average Bonchev–Trinajstić information content (AvgIpc) is 2.91. The van der Waals surface area contributed by atoms with Gasteiger partial charge in [0.15, 0.2) is 12.6 Å². The van der Waals surface area contributed by atoms with Crippen LogP contribution in [0.3, 0.4) is 0 Å². The second-order valence-electron chi connectivity index (χ2n) is 5.46. The molecule has 2 fully saturated rings. The van der Waals surface area contributed by atoms with Gasteiger partial charge < -0.3 is 9.47 Å². The van der Waals surface area contributed by atoms with Gasteiger partial charge in [-0.3, -0.25) is 4.90 Å². The Kier molecular flexibility index (Phi) is 5.18. The van der Waals surface area contributed by atoms with E-state index in [0.29, 0.717) is 10.6 Å². The van der Waals surface area contributed by atoms with E-state index < -0.39 is 54.2 Å². The number of carbonyl (C=O) groups excluding carboxylic acids is 1. The lowest BCUT2D eigenvalue weighted by atomic mass is 10.3. The summed E-state index contributed by atoms with van der Waals surface area (Å²) in [5, 5.41) is 0. The van der Waals surface area contributed by atoms with Gasteiger partial charge in [0.2, 0.25) is 6.29 Å². The van der Waals surface area contributed by atoms with E-state index in [1.807, 2.05) is 0 Å². The summed E-state index contributed by atoms with van der Waals surface area (Å²) in [6.07, 6.45) is -5.98. The van der Waals surface area contributed by atoms with Crippen molar-refractivity contribution in [1.29, 1.82) is 0 Å². The molecule has 1 aromatic carbocycles. The van der Waals surface area contributed by atoms with Gasteiger partial charge >= 0.3 is 6.09 Å². The summed E-state index contributed by atoms with van der Waals surface area (Å²) in [6.45, 7) is -1.03. The quantitative estimate of drug-likeness (QED) is 0.562. The molecule has 0 aliphatic carbocycles. The van der Waals surface area contributed by atoms with Crippen molar-refractivity contribution in [2.45, 2.75) is 18.9 Å². The molecular formula is C14H16F2N2O6S. The fraction of sp³-hybridized carbons (Fsp3) is 0.500. The fourth-order valence-electron chi connectivity index (χ4n) is 2.47. The van der Waals surface area contributed by atoms with Gasteiger partial charge in [-0.15, -0.1) is 0 Å². The number of ether oxygens (including phenoxy) is 2. The Hall–Kier alpha value is -1.82. The first-order valence-corrected chi connectivity index (χ1v) is 8.99. The van der Waals surface area contributed by atoms with Crippen LogP contribution in [0.5, 0.6) is 0 Å². The molecule has 2 saturated heterocycles. The summed E-state index contributed by atoms with van der Waals surface area (Å²) in [4.78, 5) is 13.5. The highest BCUT2D eigenvalue weighted by Crippen LogP contribution is 2.24. The topological polar surface area (TPSA) is 85.4 Å². The van der Waals surface area contributed by atoms with Crippen LogP contribution in [0.15, 0.2) is 30.3 Å². The van der Waals surface area contributed by atoms with Crippen LogP contribution in [0.1, 0.15) is 0 Å². The number of benzene rings is 1. The maximum absolute atomic E-state index is 13.6. The van der Waals surface area contributed by atoms with Crippen molar-refractivity contribution in [2.24, 2.45) is 0 Å². The Labute approximate surface area is 143 Å². The fourth-order valence-corrected chi connectivity index (χ4v) is 3.65. The van der Waals surface area contributed by atoms with Crippen molar-refractivity contribution in [3.05, 3.63) is 30.3 Å². The second kappa shape index (κ2) is 7.20. The standard InChI is InChI=1S/C14H16F2N2O6S/c15-11-7-22-8-12(16)18(11)9-25(20,21)24-13-6-17(14(19)23-13)10-4-2-1-3-5-10/h1-5,11-13H,6-9H2. The third-order valence-electron chi connectivity index (χ3n) is 3.64. The molecule has 3 rings (SSSR count). The molecule has 138 valence electrons. The minimum absolute atomic E-state index is 0.163. The molecule has 1 amide bonds. The summed E-state index contributed by atoms with van der Waals surface area (Å²) in [6, 6.07) is 8.45. The maximum Gasteiger partial charge on any atom is 0.416 e. The van der Waals surface area contributed by atoms with E-state index in [4.69, 9.17) is 8.92 Å². The van der Waals surface area contributed by atoms with E-state index >= 15 is 0 Å². The van der Waals surface area contributed by atoms with Crippen LogP contribution in [0.4, 0.5) is 19.3 Å². The lowest BCUT2D eigenvalue weighted by Gasteiger charge is -2.32. The monoisotopic (exact) mass is 378 g/mol. The molecule has 25 heavy (non-hydrogen) atoms.